The summed E-state index contributed by atoms with van der Waals surface area (Å²) in [4.78, 5) is 19.1. The predicted octanol–water partition coefficient (Wildman–Crippen LogP) is 9.46. The minimum Gasteiger partial charge on any atom is -0.308 e. The molecule has 48 heavy (non-hydrogen) atoms. The van der Waals surface area contributed by atoms with E-state index in [4.69, 9.17) is 4.98 Å². The molecular formula is C44H27N3O. The van der Waals surface area contributed by atoms with E-state index < -0.39 is 0 Å². The van der Waals surface area contributed by atoms with Crippen LogP contribution in [0.4, 0.5) is 0 Å². The molecule has 4 heteroatoms. The Morgan fingerprint density at radius 3 is 1.58 bits per heavy atom. The molecule has 0 fully saturated rings. The minimum absolute atomic E-state index is 0.0235. The van der Waals surface area contributed by atoms with Gasteiger partial charge in [0, 0.05) is 43.1 Å². The lowest BCUT2D eigenvalue weighted by Crippen LogP contribution is -2.17. The zero-order valence-corrected chi connectivity index (χ0v) is 26.5. The quantitative estimate of drug-likeness (QED) is 0.126. The summed E-state index contributed by atoms with van der Waals surface area (Å²) in [5, 5.41) is 17.8. The number of imidazole rings is 1. The van der Waals surface area contributed by atoms with Crippen LogP contribution in [0.1, 0.15) is 13.8 Å². The van der Waals surface area contributed by atoms with E-state index in [-0.39, 0.29) is 5.56 Å². The summed E-state index contributed by atoms with van der Waals surface area (Å²) < 4.78 is 4.19. The maximum atomic E-state index is 14.1. The molecule has 0 N–H and O–H groups in total. The molecule has 12 rings (SSSR count). The van der Waals surface area contributed by atoms with Crippen molar-refractivity contribution in [3.63, 3.8) is 0 Å². The fourth-order valence-electron chi connectivity index (χ4n) is 8.90. The van der Waals surface area contributed by atoms with E-state index in [0.717, 1.165) is 75.6 Å². The minimum atomic E-state index is -0.0235. The summed E-state index contributed by atoms with van der Waals surface area (Å²) in [5.74, 6) is 0. The van der Waals surface area contributed by atoms with Crippen molar-refractivity contribution in [2.75, 3.05) is 0 Å². The summed E-state index contributed by atoms with van der Waals surface area (Å²) >= 11 is 0. The zero-order valence-electron chi connectivity index (χ0n) is 26.5. The number of aromatic nitrogens is 3. The van der Waals surface area contributed by atoms with Gasteiger partial charge in [0.25, 0.3) is 5.56 Å². The fourth-order valence-corrected chi connectivity index (χ4v) is 8.90. The van der Waals surface area contributed by atoms with Crippen LogP contribution >= 0.6 is 0 Å². The first kappa shape index (κ1) is 25.9. The summed E-state index contributed by atoms with van der Waals surface area (Å²) in [6.45, 7) is 13.0. The summed E-state index contributed by atoms with van der Waals surface area (Å²) in [7, 11) is 0. The SMILES string of the molecule is C=c1cc2c3ccc4c5ccc6c(=O)n7c8ccccc8nc7c7ccc(c8ccc(c3c48)c3cc(=C)c4cccc1c4-n23)c5c67.CC. The number of para-hydroxylation sites is 3. The van der Waals surface area contributed by atoms with Gasteiger partial charge in [-0.2, -0.15) is 0 Å². The van der Waals surface area contributed by atoms with Crippen LogP contribution in [-0.2, 0) is 0 Å². The van der Waals surface area contributed by atoms with Crippen LogP contribution in [0.25, 0.3) is 122 Å². The number of benzene rings is 7. The molecule has 5 heterocycles. The third-order valence-electron chi connectivity index (χ3n) is 10.7. The largest absolute Gasteiger partial charge is 0.308 e. The third kappa shape index (κ3) is 2.77. The molecule has 2 aliphatic rings. The van der Waals surface area contributed by atoms with Crippen molar-refractivity contribution in [3.8, 4) is 5.69 Å². The molecule has 0 unspecified atom stereocenters. The van der Waals surface area contributed by atoms with E-state index >= 15 is 0 Å². The Hall–Kier alpha value is -6.26. The lowest BCUT2D eigenvalue weighted by molar-refractivity contribution is 1.17. The molecule has 3 aromatic heterocycles. The monoisotopic (exact) mass is 613 g/mol. The topological polar surface area (TPSA) is 39.3 Å². The van der Waals surface area contributed by atoms with Crippen LogP contribution < -0.4 is 16.0 Å². The number of hydrogen-bond acceptors (Lipinski definition) is 2. The number of nitrogens with zero attached hydrogens (tertiary/aromatic N) is 3. The van der Waals surface area contributed by atoms with Gasteiger partial charge in [-0.25, -0.2) is 4.98 Å². The zero-order chi connectivity index (χ0) is 32.2. The number of rotatable bonds is 0. The Labute approximate surface area is 273 Å². The van der Waals surface area contributed by atoms with E-state index in [1.807, 2.05) is 44.2 Å². The Bertz CT molecular complexity index is 3350. The molecule has 0 spiro atoms. The van der Waals surface area contributed by atoms with Crippen molar-refractivity contribution in [2.24, 2.45) is 0 Å². The molecule has 4 nitrogen and oxygen atoms in total. The van der Waals surface area contributed by atoms with Gasteiger partial charge in [-0.3, -0.25) is 9.20 Å². The molecule has 224 valence electrons. The van der Waals surface area contributed by atoms with Gasteiger partial charge in [-0.05, 0) is 79.2 Å². The molecule has 0 bridgehead atoms. The van der Waals surface area contributed by atoms with Crippen molar-refractivity contribution in [2.45, 2.75) is 13.8 Å². The first-order valence-corrected chi connectivity index (χ1v) is 16.6. The van der Waals surface area contributed by atoms with Gasteiger partial charge in [0.15, 0.2) is 0 Å². The highest BCUT2D eigenvalue weighted by molar-refractivity contribution is 6.41. The van der Waals surface area contributed by atoms with Gasteiger partial charge in [-0.15, -0.1) is 0 Å². The van der Waals surface area contributed by atoms with Gasteiger partial charge in [-0.1, -0.05) is 93.7 Å². The van der Waals surface area contributed by atoms with Crippen molar-refractivity contribution >= 4 is 116 Å². The lowest BCUT2D eigenvalue weighted by Gasteiger charge is -2.25. The van der Waals surface area contributed by atoms with Crippen LogP contribution in [0.5, 0.6) is 0 Å². The molecular weight excluding hydrogens is 587 g/mol. The molecule has 0 saturated carbocycles. The van der Waals surface area contributed by atoms with E-state index in [2.05, 4.69) is 90.5 Å². The number of fused-ring (bicyclic) bond motifs is 8. The van der Waals surface area contributed by atoms with Crippen molar-refractivity contribution in [1.29, 1.82) is 0 Å². The molecule has 0 atom stereocenters. The van der Waals surface area contributed by atoms with E-state index in [1.165, 1.54) is 38.0 Å². The Balaban J connectivity index is 0.00000138. The van der Waals surface area contributed by atoms with Crippen LogP contribution in [-0.4, -0.2) is 14.0 Å². The Morgan fingerprint density at radius 2 is 0.979 bits per heavy atom. The third-order valence-corrected chi connectivity index (χ3v) is 10.7. The van der Waals surface area contributed by atoms with Gasteiger partial charge in [0.2, 0.25) is 0 Å². The Kier molecular flexibility index (Phi) is 4.61. The lowest BCUT2D eigenvalue weighted by atomic mass is 9.85. The number of hydrogen-bond donors (Lipinski definition) is 0. The van der Waals surface area contributed by atoms with Gasteiger partial charge < -0.3 is 4.57 Å². The average Bonchev–Trinajstić information content (AvgIpc) is 3.52. The van der Waals surface area contributed by atoms with Gasteiger partial charge in [0.05, 0.1) is 27.8 Å². The van der Waals surface area contributed by atoms with Crippen LogP contribution in [0, 0.1) is 0 Å². The highest BCUT2D eigenvalue weighted by atomic mass is 16.1. The summed E-state index contributed by atoms with van der Waals surface area (Å²) in [5.41, 5.74) is 5.84. The first-order chi connectivity index (χ1) is 23.6. The Morgan fingerprint density at radius 1 is 0.500 bits per heavy atom. The van der Waals surface area contributed by atoms with E-state index in [9.17, 15) is 4.79 Å². The molecule has 10 aromatic rings. The normalized spacial score (nSPS) is 12.6. The number of pyridine rings is 4. The molecule has 0 saturated heterocycles. The summed E-state index contributed by atoms with van der Waals surface area (Å²) in [6.07, 6.45) is 0. The molecule has 2 aliphatic heterocycles. The smallest absolute Gasteiger partial charge is 0.264 e. The predicted molar refractivity (Wildman–Crippen MR) is 205 cm³/mol. The standard InChI is InChI=1S/C42H21N3O.C2H6/c1-20-18-34-28-14-10-24-26-12-16-30-39-31(42(46)45-33-9-4-3-8-32(33)43-41(30)45)17-13-27(37(26)39)25-11-15-29(38(28)36(24)25)35-19-21(2)23-7-5-6-22(20)40(23)44(34)35;1-2/h3-19H,1-2H2;1-2H3. The fraction of sp³-hybridized carbons (Fsp3) is 0.0455. The van der Waals surface area contributed by atoms with Crippen LogP contribution in [0.15, 0.2) is 108 Å². The van der Waals surface area contributed by atoms with Crippen molar-refractivity contribution in [3.05, 3.63) is 124 Å². The van der Waals surface area contributed by atoms with Gasteiger partial charge >= 0.3 is 0 Å². The van der Waals surface area contributed by atoms with Gasteiger partial charge in [0.1, 0.15) is 5.65 Å². The maximum absolute atomic E-state index is 14.1. The van der Waals surface area contributed by atoms with Crippen molar-refractivity contribution in [1.82, 2.24) is 14.0 Å². The second-order valence-corrected chi connectivity index (χ2v) is 12.9. The summed E-state index contributed by atoms with van der Waals surface area (Å²) in [6, 6.07) is 36.5. The molecule has 0 amide bonds. The maximum Gasteiger partial charge on any atom is 0.264 e. The van der Waals surface area contributed by atoms with Crippen LogP contribution in [0.3, 0.4) is 0 Å². The molecule has 7 aromatic carbocycles. The average molecular weight is 614 g/mol. The van der Waals surface area contributed by atoms with Crippen molar-refractivity contribution < 1.29 is 0 Å². The highest BCUT2D eigenvalue weighted by Gasteiger charge is 2.24. The van der Waals surface area contributed by atoms with Crippen LogP contribution in [0.2, 0.25) is 0 Å². The van der Waals surface area contributed by atoms with E-state index in [1.54, 1.807) is 4.40 Å². The second kappa shape index (κ2) is 8.55. The molecule has 0 radical (unpaired) electrons. The molecule has 0 aliphatic carbocycles. The second-order valence-electron chi connectivity index (χ2n) is 12.9. The first-order valence-electron chi connectivity index (χ1n) is 16.6. The highest BCUT2D eigenvalue weighted by Crippen LogP contribution is 2.47. The van der Waals surface area contributed by atoms with E-state index in [0.29, 0.717) is 5.65 Å².